The second-order valence-electron chi connectivity index (χ2n) is 7.37. The zero-order valence-electron chi connectivity index (χ0n) is 17.7. The van der Waals surface area contributed by atoms with Gasteiger partial charge in [-0.15, -0.1) is 0 Å². The van der Waals surface area contributed by atoms with E-state index in [1.807, 2.05) is 42.2 Å². The summed E-state index contributed by atoms with van der Waals surface area (Å²) in [7, 11) is 1.32. The summed E-state index contributed by atoms with van der Waals surface area (Å²) in [6.07, 6.45) is -1.41. The molecular weight excluding hydrogens is 416 g/mol. The van der Waals surface area contributed by atoms with Gasteiger partial charge in [0.05, 0.1) is 25.6 Å². The molecule has 0 aliphatic carbocycles. The second-order valence-corrected chi connectivity index (χ2v) is 7.37. The van der Waals surface area contributed by atoms with E-state index in [0.717, 1.165) is 5.56 Å². The predicted molar refractivity (Wildman–Crippen MR) is 116 cm³/mol. The molecule has 32 heavy (non-hydrogen) atoms. The normalized spacial score (nSPS) is 12.0. The number of phenols is 1. The predicted octanol–water partition coefficient (Wildman–Crippen LogP) is 3.57. The van der Waals surface area contributed by atoms with Crippen molar-refractivity contribution in [2.45, 2.75) is 25.9 Å². The molecule has 3 rings (SSSR count). The van der Waals surface area contributed by atoms with Gasteiger partial charge >= 0.3 is 12.1 Å². The molecule has 0 bridgehead atoms. The molecule has 1 aromatic heterocycles. The number of phenolic OH excluding ortho intramolecular Hbond substituents is 1. The number of carbonyl (C=O) groups is 3. The van der Waals surface area contributed by atoms with Crippen LogP contribution in [0.1, 0.15) is 29.3 Å². The van der Waals surface area contributed by atoms with E-state index < -0.39 is 6.16 Å². The summed E-state index contributed by atoms with van der Waals surface area (Å²) in [5.74, 6) is -0.889. The lowest BCUT2D eigenvalue weighted by molar-refractivity contribution is -0.141. The number of hydrogen-bond acceptors (Lipinski definition) is 7. The fourth-order valence-corrected chi connectivity index (χ4v) is 3.48. The van der Waals surface area contributed by atoms with E-state index in [4.69, 9.17) is 9.84 Å². The van der Waals surface area contributed by atoms with E-state index in [1.165, 1.54) is 25.3 Å². The van der Waals surface area contributed by atoms with Crippen molar-refractivity contribution in [2.75, 3.05) is 13.7 Å². The van der Waals surface area contributed by atoms with E-state index in [9.17, 15) is 19.5 Å². The van der Waals surface area contributed by atoms with Gasteiger partial charge in [0.25, 0.3) is 0 Å². The Balaban J connectivity index is 1.90. The molecule has 168 valence electrons. The number of nitrogens with zero attached hydrogens (tertiary/aromatic N) is 1. The van der Waals surface area contributed by atoms with Crippen LogP contribution in [0.25, 0.3) is 10.9 Å². The lowest BCUT2D eigenvalue weighted by atomic mass is 10.0. The molecule has 2 aromatic carbocycles. The largest absolute Gasteiger partial charge is 0.512 e. The highest BCUT2D eigenvalue weighted by Crippen LogP contribution is 2.31. The van der Waals surface area contributed by atoms with E-state index in [1.54, 1.807) is 0 Å². The van der Waals surface area contributed by atoms with Crippen LogP contribution in [0.3, 0.4) is 0 Å². The number of carbonyl (C=O) groups excluding carboxylic acids is 2. The topological polar surface area (TPSA) is 129 Å². The summed E-state index contributed by atoms with van der Waals surface area (Å²) in [6, 6.07) is 13.5. The lowest BCUT2D eigenvalue weighted by Gasteiger charge is -2.28. The molecule has 9 nitrogen and oxygen atoms in total. The molecule has 0 aliphatic heterocycles. The Morgan fingerprint density at radius 2 is 1.84 bits per heavy atom. The third kappa shape index (κ3) is 5.44. The standard InChI is InChI=1S/C23H24N2O7/c1-14(10-21(28)31-2)25(12-15-6-4-3-5-7-15)13-19(27)16-8-9-18(26)22-17(16)11-20(24-22)32-23(29)30/h3-9,11,14,24,26H,10,12-13H2,1-2H3,(H,29,30). The number of Topliss-reactive ketones (excluding diaryl/α,β-unsaturated/α-hetero) is 1. The van der Waals surface area contributed by atoms with Crippen molar-refractivity contribution < 1.29 is 34.1 Å². The maximum Gasteiger partial charge on any atom is 0.512 e. The molecule has 3 N–H and O–H groups in total. The Morgan fingerprint density at radius 1 is 1.12 bits per heavy atom. The van der Waals surface area contributed by atoms with E-state index >= 15 is 0 Å². The van der Waals surface area contributed by atoms with Crippen molar-refractivity contribution in [1.82, 2.24) is 9.88 Å². The average molecular weight is 440 g/mol. The maximum absolute atomic E-state index is 13.3. The number of ether oxygens (including phenoxy) is 2. The van der Waals surface area contributed by atoms with Crippen LogP contribution in [-0.2, 0) is 16.1 Å². The van der Waals surface area contributed by atoms with Gasteiger partial charge in [0, 0.05) is 29.6 Å². The third-order valence-electron chi connectivity index (χ3n) is 5.13. The van der Waals surface area contributed by atoms with Crippen LogP contribution in [0.15, 0.2) is 48.5 Å². The fraction of sp³-hybridized carbons (Fsp3) is 0.261. The van der Waals surface area contributed by atoms with E-state index in [0.29, 0.717) is 11.9 Å². The minimum Gasteiger partial charge on any atom is -0.506 e. The number of nitrogens with one attached hydrogen (secondary N) is 1. The molecule has 0 fully saturated rings. The molecule has 0 radical (unpaired) electrons. The zero-order valence-corrected chi connectivity index (χ0v) is 17.7. The van der Waals surface area contributed by atoms with Crippen LogP contribution < -0.4 is 4.74 Å². The smallest absolute Gasteiger partial charge is 0.506 e. The number of H-pyrrole nitrogens is 1. The highest BCUT2D eigenvalue weighted by atomic mass is 16.7. The van der Waals surface area contributed by atoms with Crippen molar-refractivity contribution in [3.8, 4) is 11.6 Å². The number of esters is 1. The molecule has 3 aromatic rings. The van der Waals surface area contributed by atoms with E-state index in [-0.39, 0.29) is 53.5 Å². The third-order valence-corrected chi connectivity index (χ3v) is 5.13. The van der Waals surface area contributed by atoms with Gasteiger partial charge in [-0.1, -0.05) is 30.3 Å². The first-order valence-corrected chi connectivity index (χ1v) is 9.92. The summed E-state index contributed by atoms with van der Waals surface area (Å²) in [5, 5.41) is 19.3. The molecule has 1 heterocycles. The summed E-state index contributed by atoms with van der Waals surface area (Å²) < 4.78 is 9.39. The van der Waals surface area contributed by atoms with Crippen LogP contribution in [0, 0.1) is 0 Å². The van der Waals surface area contributed by atoms with E-state index in [2.05, 4.69) is 9.72 Å². The zero-order chi connectivity index (χ0) is 23.3. The Kier molecular flexibility index (Phi) is 7.11. The van der Waals surface area contributed by atoms with Crippen LogP contribution in [-0.4, -0.2) is 57.7 Å². The van der Waals surface area contributed by atoms with Gasteiger partial charge in [0.1, 0.15) is 5.75 Å². The number of ketones is 1. The molecular formula is C23H24N2O7. The highest BCUT2D eigenvalue weighted by molar-refractivity contribution is 6.10. The van der Waals surface area contributed by atoms with Crippen molar-refractivity contribution >= 4 is 28.8 Å². The first-order chi connectivity index (χ1) is 15.3. The molecule has 1 atom stereocenters. The number of fused-ring (bicyclic) bond motifs is 1. The number of aromatic amines is 1. The Morgan fingerprint density at radius 3 is 2.50 bits per heavy atom. The van der Waals surface area contributed by atoms with Crippen molar-refractivity contribution in [2.24, 2.45) is 0 Å². The number of rotatable bonds is 9. The van der Waals surface area contributed by atoms with Crippen LogP contribution in [0.5, 0.6) is 11.6 Å². The van der Waals surface area contributed by atoms with Crippen LogP contribution in [0.2, 0.25) is 0 Å². The number of carboxylic acid groups (broad SMARTS) is 1. The summed E-state index contributed by atoms with van der Waals surface area (Å²) in [6.45, 7) is 2.27. The van der Waals surface area contributed by atoms with Gasteiger partial charge in [-0.3, -0.25) is 14.5 Å². The van der Waals surface area contributed by atoms with Gasteiger partial charge in [-0.05, 0) is 24.6 Å². The molecule has 0 aliphatic rings. The Labute approximate surface area is 184 Å². The van der Waals surface area contributed by atoms with Crippen molar-refractivity contribution in [3.63, 3.8) is 0 Å². The first kappa shape index (κ1) is 22.8. The molecule has 0 amide bonds. The highest BCUT2D eigenvalue weighted by Gasteiger charge is 2.23. The number of hydrogen-bond donors (Lipinski definition) is 3. The lowest BCUT2D eigenvalue weighted by Crippen LogP contribution is -2.38. The van der Waals surface area contributed by atoms with Gasteiger partial charge < -0.3 is 24.7 Å². The van der Waals surface area contributed by atoms with Gasteiger partial charge in [-0.2, -0.15) is 0 Å². The van der Waals surface area contributed by atoms with Crippen molar-refractivity contribution in [3.05, 3.63) is 59.7 Å². The molecule has 0 saturated heterocycles. The molecule has 9 heteroatoms. The fourth-order valence-electron chi connectivity index (χ4n) is 3.48. The van der Waals surface area contributed by atoms with Gasteiger partial charge in [0.15, 0.2) is 5.78 Å². The van der Waals surface area contributed by atoms with Crippen molar-refractivity contribution in [1.29, 1.82) is 0 Å². The van der Waals surface area contributed by atoms with Crippen LogP contribution >= 0.6 is 0 Å². The SMILES string of the molecule is COC(=O)CC(C)N(CC(=O)c1ccc(O)c2[nH]c(OC(=O)O)cc12)Cc1ccccc1. The van der Waals surface area contributed by atoms with Gasteiger partial charge in [-0.25, -0.2) is 4.79 Å². The minimum absolute atomic E-state index is 0.00671. The second kappa shape index (κ2) is 9.97. The minimum atomic E-state index is -1.52. The first-order valence-electron chi connectivity index (χ1n) is 9.92. The van der Waals surface area contributed by atoms with Crippen LogP contribution in [0.4, 0.5) is 4.79 Å². The summed E-state index contributed by atoms with van der Waals surface area (Å²) in [5.41, 5.74) is 1.47. The molecule has 1 unspecified atom stereocenters. The number of aromatic hydroxyl groups is 1. The quantitative estimate of drug-likeness (QED) is 0.340. The van der Waals surface area contributed by atoms with Gasteiger partial charge in [0.2, 0.25) is 5.88 Å². The molecule has 0 saturated carbocycles. The average Bonchev–Trinajstić information content (AvgIpc) is 3.17. The number of benzene rings is 2. The Hall–Kier alpha value is -3.85. The number of aromatic nitrogens is 1. The number of methoxy groups -OCH3 is 1. The molecule has 0 spiro atoms. The summed E-state index contributed by atoms with van der Waals surface area (Å²) in [4.78, 5) is 40.4. The Bertz CT molecular complexity index is 1120. The summed E-state index contributed by atoms with van der Waals surface area (Å²) >= 11 is 0. The maximum atomic E-state index is 13.3. The monoisotopic (exact) mass is 440 g/mol.